The van der Waals surface area contributed by atoms with Gasteiger partial charge < -0.3 is 9.47 Å². The number of carbonyl (C=O) groups excluding carboxylic acids is 2. The molecule has 0 spiro atoms. The van der Waals surface area contributed by atoms with Crippen LogP contribution in [0.15, 0.2) is 0 Å². The van der Waals surface area contributed by atoms with Gasteiger partial charge in [-0.05, 0) is 12.8 Å². The molecule has 0 aliphatic carbocycles. The first-order chi connectivity index (χ1) is 8.52. The van der Waals surface area contributed by atoms with Gasteiger partial charge in [-0.2, -0.15) is 0 Å². The molecule has 0 saturated carbocycles. The summed E-state index contributed by atoms with van der Waals surface area (Å²) in [5, 5.41) is 0. The predicted molar refractivity (Wildman–Crippen MR) is 77.2 cm³/mol. The van der Waals surface area contributed by atoms with Gasteiger partial charge in [-0.25, -0.2) is 0 Å². The van der Waals surface area contributed by atoms with E-state index in [0.717, 1.165) is 25.7 Å². The Morgan fingerprint density at radius 3 is 1.50 bits per heavy atom. The van der Waals surface area contributed by atoms with Gasteiger partial charge in [0.15, 0.2) is 0 Å². The summed E-state index contributed by atoms with van der Waals surface area (Å²) in [6.45, 7) is 4.19. The van der Waals surface area contributed by atoms with Gasteiger partial charge in [-0.1, -0.05) is 58.5 Å². The Kier molecular flexibility index (Phi) is 10.7. The number of halogens is 2. The molecular formula is C12H20Br2O4. The summed E-state index contributed by atoms with van der Waals surface area (Å²) >= 11 is 6.48. The fraction of sp³-hybridized carbons (Fsp3) is 0.833. The zero-order valence-electron chi connectivity index (χ0n) is 10.8. The summed E-state index contributed by atoms with van der Waals surface area (Å²) in [6, 6.07) is 0. The monoisotopic (exact) mass is 386 g/mol. The molecule has 2 atom stereocenters. The maximum Gasteiger partial charge on any atom is 0.319 e. The van der Waals surface area contributed by atoms with Crippen LogP contribution in [0, 0.1) is 0 Å². The molecule has 0 aromatic heterocycles. The third kappa shape index (κ3) is 8.08. The number of hydrogen-bond donors (Lipinski definition) is 0. The molecule has 0 aliphatic rings. The molecule has 0 N–H and O–H groups in total. The lowest BCUT2D eigenvalue weighted by atomic mass is 10.2. The van der Waals surface area contributed by atoms with Crippen LogP contribution < -0.4 is 0 Å². The Morgan fingerprint density at radius 1 is 0.889 bits per heavy atom. The minimum Gasteiger partial charge on any atom is -0.461 e. The summed E-state index contributed by atoms with van der Waals surface area (Å²) in [4.78, 5) is 22.2. The van der Waals surface area contributed by atoms with Gasteiger partial charge in [-0.15, -0.1) is 0 Å². The number of esters is 2. The largest absolute Gasteiger partial charge is 0.461 e. The van der Waals surface area contributed by atoms with E-state index in [0.29, 0.717) is 0 Å². The zero-order valence-corrected chi connectivity index (χ0v) is 14.0. The molecule has 6 heteroatoms. The van der Waals surface area contributed by atoms with Crippen LogP contribution in [0.2, 0.25) is 0 Å². The molecular weight excluding hydrogens is 368 g/mol. The molecule has 0 saturated heterocycles. The minimum atomic E-state index is -0.308. The first-order valence-electron chi connectivity index (χ1n) is 6.14. The van der Waals surface area contributed by atoms with Crippen LogP contribution >= 0.6 is 31.9 Å². The van der Waals surface area contributed by atoms with Crippen LogP contribution in [0.25, 0.3) is 0 Å². The first kappa shape index (κ1) is 17.9. The summed E-state index contributed by atoms with van der Waals surface area (Å²) in [5.41, 5.74) is 0. The van der Waals surface area contributed by atoms with Crippen molar-refractivity contribution in [2.75, 3.05) is 13.2 Å². The van der Waals surface area contributed by atoms with Gasteiger partial charge in [-0.3, -0.25) is 9.59 Å². The molecule has 0 amide bonds. The Morgan fingerprint density at radius 2 is 1.22 bits per heavy atom. The normalized spacial score (nSPS) is 13.8. The van der Waals surface area contributed by atoms with E-state index in [2.05, 4.69) is 31.9 Å². The van der Waals surface area contributed by atoms with Gasteiger partial charge in [0.2, 0.25) is 0 Å². The highest BCUT2D eigenvalue weighted by Crippen LogP contribution is 2.11. The average Bonchev–Trinajstić information content (AvgIpc) is 2.34. The number of alkyl halides is 2. The molecule has 0 bridgehead atoms. The van der Waals surface area contributed by atoms with Crippen LogP contribution in [0.1, 0.15) is 39.5 Å². The van der Waals surface area contributed by atoms with Crippen LogP contribution in [0.3, 0.4) is 0 Å². The van der Waals surface area contributed by atoms with E-state index in [-0.39, 0.29) is 34.8 Å². The van der Waals surface area contributed by atoms with Gasteiger partial charge in [0, 0.05) is 0 Å². The molecule has 106 valence electrons. The van der Waals surface area contributed by atoms with Crippen LogP contribution in [0.5, 0.6) is 0 Å². The standard InChI is InChI=1S/C12H20Br2O4/c1-3-5-9(13)11(15)17-7-8-18-12(16)10(14)6-4-2/h9-10H,3-8H2,1-2H3. The van der Waals surface area contributed by atoms with E-state index in [4.69, 9.17) is 9.47 Å². The fourth-order valence-corrected chi connectivity index (χ4v) is 2.39. The Balaban J connectivity index is 3.67. The Labute approximate surface area is 125 Å². The molecule has 0 aromatic rings. The lowest BCUT2D eigenvalue weighted by Crippen LogP contribution is -2.23. The Bertz CT molecular complexity index is 232. The third-order valence-electron chi connectivity index (χ3n) is 2.17. The van der Waals surface area contributed by atoms with Crippen molar-refractivity contribution < 1.29 is 19.1 Å². The second-order valence-electron chi connectivity index (χ2n) is 3.85. The summed E-state index contributed by atoms with van der Waals surface area (Å²) in [6.07, 6.45) is 3.28. The molecule has 0 aromatic carbocycles. The number of carbonyl (C=O) groups is 2. The maximum absolute atomic E-state index is 11.4. The third-order valence-corrected chi connectivity index (χ3v) is 3.83. The van der Waals surface area contributed by atoms with Crippen molar-refractivity contribution in [3.05, 3.63) is 0 Å². The van der Waals surface area contributed by atoms with Crippen molar-refractivity contribution >= 4 is 43.8 Å². The predicted octanol–water partition coefficient (Wildman–Crippen LogP) is 3.20. The Hall–Kier alpha value is -0.100. The van der Waals surface area contributed by atoms with Crippen molar-refractivity contribution in [1.82, 2.24) is 0 Å². The average molecular weight is 388 g/mol. The molecule has 0 rings (SSSR count). The van der Waals surface area contributed by atoms with E-state index < -0.39 is 0 Å². The lowest BCUT2D eigenvalue weighted by Gasteiger charge is -2.11. The highest BCUT2D eigenvalue weighted by atomic mass is 79.9. The second-order valence-corrected chi connectivity index (χ2v) is 6.06. The topological polar surface area (TPSA) is 52.6 Å². The molecule has 0 fully saturated rings. The zero-order chi connectivity index (χ0) is 14.0. The van der Waals surface area contributed by atoms with Crippen LogP contribution in [-0.2, 0) is 19.1 Å². The van der Waals surface area contributed by atoms with Crippen molar-refractivity contribution in [2.24, 2.45) is 0 Å². The molecule has 18 heavy (non-hydrogen) atoms. The summed E-state index contributed by atoms with van der Waals surface area (Å²) < 4.78 is 9.94. The van der Waals surface area contributed by atoms with Crippen LogP contribution in [0.4, 0.5) is 0 Å². The molecule has 2 unspecified atom stereocenters. The summed E-state index contributed by atoms with van der Waals surface area (Å²) in [7, 11) is 0. The second kappa shape index (κ2) is 10.8. The quantitative estimate of drug-likeness (QED) is 0.346. The van der Waals surface area contributed by atoms with E-state index in [9.17, 15) is 9.59 Å². The van der Waals surface area contributed by atoms with Crippen molar-refractivity contribution in [3.63, 3.8) is 0 Å². The van der Waals surface area contributed by atoms with Gasteiger partial charge in [0.1, 0.15) is 22.9 Å². The molecule has 4 nitrogen and oxygen atoms in total. The maximum atomic E-state index is 11.4. The molecule has 0 heterocycles. The SMILES string of the molecule is CCCC(Br)C(=O)OCCOC(=O)C(Br)CCC. The van der Waals surface area contributed by atoms with Crippen molar-refractivity contribution in [1.29, 1.82) is 0 Å². The van der Waals surface area contributed by atoms with E-state index in [1.807, 2.05) is 13.8 Å². The molecule has 0 radical (unpaired) electrons. The highest BCUT2D eigenvalue weighted by Gasteiger charge is 2.17. The van der Waals surface area contributed by atoms with Gasteiger partial charge >= 0.3 is 11.9 Å². The van der Waals surface area contributed by atoms with Gasteiger partial charge in [0.25, 0.3) is 0 Å². The van der Waals surface area contributed by atoms with E-state index >= 15 is 0 Å². The lowest BCUT2D eigenvalue weighted by molar-refractivity contribution is -0.151. The summed E-state index contributed by atoms with van der Waals surface area (Å²) in [5.74, 6) is -0.617. The first-order valence-corrected chi connectivity index (χ1v) is 7.97. The molecule has 0 aliphatic heterocycles. The smallest absolute Gasteiger partial charge is 0.319 e. The van der Waals surface area contributed by atoms with Crippen molar-refractivity contribution in [3.8, 4) is 0 Å². The highest BCUT2D eigenvalue weighted by molar-refractivity contribution is 9.10. The minimum absolute atomic E-state index is 0.0994. The van der Waals surface area contributed by atoms with E-state index in [1.165, 1.54) is 0 Å². The van der Waals surface area contributed by atoms with E-state index in [1.54, 1.807) is 0 Å². The van der Waals surface area contributed by atoms with Crippen molar-refractivity contribution in [2.45, 2.75) is 49.2 Å². The number of rotatable bonds is 9. The number of ether oxygens (including phenoxy) is 2. The van der Waals surface area contributed by atoms with Gasteiger partial charge in [0.05, 0.1) is 0 Å². The fourth-order valence-electron chi connectivity index (χ4n) is 1.21. The van der Waals surface area contributed by atoms with Crippen LogP contribution in [-0.4, -0.2) is 34.8 Å². The number of hydrogen-bond acceptors (Lipinski definition) is 4.